The van der Waals surface area contributed by atoms with E-state index in [9.17, 15) is 14.4 Å². The second-order valence-electron chi connectivity index (χ2n) is 5.40. The third kappa shape index (κ3) is 2.89. The van der Waals surface area contributed by atoms with Crippen LogP contribution in [0.15, 0.2) is 18.2 Å². The molecule has 0 aliphatic carbocycles. The van der Waals surface area contributed by atoms with Gasteiger partial charge in [-0.15, -0.1) is 0 Å². The highest BCUT2D eigenvalue weighted by atomic mass is 16.4. The predicted octanol–water partition coefficient (Wildman–Crippen LogP) is 1.14. The molecule has 1 aliphatic heterocycles. The van der Waals surface area contributed by atoms with Crippen molar-refractivity contribution in [1.29, 1.82) is 0 Å². The number of carbonyl (C=O) groups is 3. The zero-order valence-corrected chi connectivity index (χ0v) is 12.3. The molecule has 0 radical (unpaired) electrons. The van der Waals surface area contributed by atoms with Gasteiger partial charge in [0.1, 0.15) is 6.54 Å². The second kappa shape index (κ2) is 5.55. The van der Waals surface area contributed by atoms with Crippen LogP contribution in [0.1, 0.15) is 29.8 Å². The Kier molecular flexibility index (Phi) is 3.97. The summed E-state index contributed by atoms with van der Waals surface area (Å²) in [4.78, 5) is 38.1. The van der Waals surface area contributed by atoms with Crippen molar-refractivity contribution in [2.75, 3.05) is 18.5 Å². The molecule has 1 aromatic rings. The highest BCUT2D eigenvalue weighted by Gasteiger charge is 2.30. The molecular formula is C15H18N2O4. The fourth-order valence-electron chi connectivity index (χ4n) is 2.22. The third-order valence-corrected chi connectivity index (χ3v) is 3.72. The number of rotatable bonds is 4. The molecule has 21 heavy (non-hydrogen) atoms. The molecule has 0 bridgehead atoms. The van der Waals surface area contributed by atoms with Gasteiger partial charge in [-0.3, -0.25) is 9.59 Å². The van der Waals surface area contributed by atoms with Crippen LogP contribution in [-0.2, 0) is 16.0 Å². The van der Waals surface area contributed by atoms with E-state index < -0.39 is 5.97 Å². The van der Waals surface area contributed by atoms with Crippen molar-refractivity contribution in [2.45, 2.75) is 26.3 Å². The lowest BCUT2D eigenvalue weighted by atomic mass is 10.1. The van der Waals surface area contributed by atoms with Crippen molar-refractivity contribution in [2.24, 2.45) is 0 Å². The van der Waals surface area contributed by atoms with Gasteiger partial charge in [0.05, 0.1) is 12.0 Å². The summed E-state index contributed by atoms with van der Waals surface area (Å²) >= 11 is 0. The number of hydrogen-bond acceptors (Lipinski definition) is 3. The van der Waals surface area contributed by atoms with Gasteiger partial charge in [-0.25, -0.2) is 4.79 Å². The monoisotopic (exact) mass is 290 g/mol. The minimum absolute atomic E-state index is 0.0209. The fourth-order valence-corrected chi connectivity index (χ4v) is 2.22. The zero-order chi connectivity index (χ0) is 15.7. The average Bonchev–Trinajstić information content (AvgIpc) is 2.73. The molecule has 0 saturated carbocycles. The van der Waals surface area contributed by atoms with Crippen LogP contribution in [0, 0.1) is 0 Å². The molecule has 6 nitrogen and oxygen atoms in total. The van der Waals surface area contributed by atoms with Gasteiger partial charge < -0.3 is 14.9 Å². The lowest BCUT2D eigenvalue weighted by Crippen LogP contribution is -2.42. The van der Waals surface area contributed by atoms with Crippen molar-refractivity contribution in [3.05, 3.63) is 29.3 Å². The molecule has 0 fully saturated rings. The van der Waals surface area contributed by atoms with E-state index in [-0.39, 0.29) is 36.4 Å². The lowest BCUT2D eigenvalue weighted by Gasteiger charge is -2.25. The van der Waals surface area contributed by atoms with Crippen LogP contribution in [-0.4, -0.2) is 47.4 Å². The Bertz CT molecular complexity index is 610. The Morgan fingerprint density at radius 2 is 2.05 bits per heavy atom. The summed E-state index contributed by atoms with van der Waals surface area (Å²) in [6.07, 6.45) is 0.134. The van der Waals surface area contributed by atoms with Gasteiger partial charge >= 0.3 is 5.97 Å². The number of likely N-dealkylation sites (N-methyl/N-ethyl adjacent to an activating group) is 1. The van der Waals surface area contributed by atoms with Crippen molar-refractivity contribution in [3.8, 4) is 0 Å². The Balaban J connectivity index is 2.23. The average molecular weight is 290 g/mol. The molecule has 1 N–H and O–H groups in total. The van der Waals surface area contributed by atoms with Crippen molar-refractivity contribution < 1.29 is 19.5 Å². The zero-order valence-electron chi connectivity index (χ0n) is 12.3. The van der Waals surface area contributed by atoms with Crippen LogP contribution in [0.25, 0.3) is 0 Å². The number of fused-ring (bicyclic) bond motifs is 1. The Morgan fingerprint density at radius 1 is 1.38 bits per heavy atom. The molecule has 2 amide bonds. The molecule has 1 aliphatic rings. The summed E-state index contributed by atoms with van der Waals surface area (Å²) in [6, 6.07) is 4.59. The highest BCUT2D eigenvalue weighted by molar-refractivity contribution is 6.05. The predicted molar refractivity (Wildman–Crippen MR) is 77.4 cm³/mol. The van der Waals surface area contributed by atoms with Crippen molar-refractivity contribution in [1.82, 2.24) is 4.90 Å². The van der Waals surface area contributed by atoms with Gasteiger partial charge in [-0.1, -0.05) is 0 Å². The number of carbonyl (C=O) groups excluding carboxylic acids is 2. The maximum absolute atomic E-state index is 12.1. The first-order valence-corrected chi connectivity index (χ1v) is 6.73. The third-order valence-electron chi connectivity index (χ3n) is 3.72. The molecule has 6 heteroatoms. The standard InChI is InChI=1S/C15H18N2O4/c1-9(2)16(3)14(19)8-17-12-5-4-10(15(20)21)6-11(12)7-13(17)18/h4-6,9H,7-8H2,1-3H3,(H,20,21). The SMILES string of the molecule is CC(C)N(C)C(=O)CN1C(=O)Cc2cc(C(=O)O)ccc21. The summed E-state index contributed by atoms with van der Waals surface area (Å²) in [5.74, 6) is -1.36. The molecule has 2 rings (SSSR count). The Labute approximate surface area is 123 Å². The van der Waals surface area contributed by atoms with E-state index in [0.29, 0.717) is 11.3 Å². The minimum atomic E-state index is -1.03. The number of carboxylic acid groups (broad SMARTS) is 1. The van der Waals surface area contributed by atoms with E-state index in [1.807, 2.05) is 13.8 Å². The molecular weight excluding hydrogens is 272 g/mol. The molecule has 0 aromatic heterocycles. The number of amides is 2. The number of benzene rings is 1. The highest BCUT2D eigenvalue weighted by Crippen LogP contribution is 2.29. The number of aromatic carboxylic acids is 1. The number of carboxylic acids is 1. The van der Waals surface area contributed by atoms with E-state index in [4.69, 9.17) is 5.11 Å². The molecule has 0 atom stereocenters. The summed E-state index contributed by atoms with van der Waals surface area (Å²) in [7, 11) is 1.70. The van der Waals surface area contributed by atoms with Gasteiger partial charge in [0.2, 0.25) is 11.8 Å². The van der Waals surface area contributed by atoms with Gasteiger partial charge in [0, 0.05) is 18.8 Å². The Hall–Kier alpha value is -2.37. The lowest BCUT2D eigenvalue weighted by molar-refractivity contribution is -0.131. The Morgan fingerprint density at radius 3 is 2.62 bits per heavy atom. The van der Waals surface area contributed by atoms with E-state index in [1.54, 1.807) is 18.0 Å². The maximum Gasteiger partial charge on any atom is 0.335 e. The van der Waals surface area contributed by atoms with Crippen molar-refractivity contribution >= 4 is 23.5 Å². The van der Waals surface area contributed by atoms with Crippen LogP contribution in [0.3, 0.4) is 0 Å². The van der Waals surface area contributed by atoms with Gasteiger partial charge in [-0.05, 0) is 37.6 Å². The normalized spacial score (nSPS) is 13.5. The minimum Gasteiger partial charge on any atom is -0.478 e. The summed E-state index contributed by atoms with van der Waals surface area (Å²) in [5.41, 5.74) is 1.42. The second-order valence-corrected chi connectivity index (χ2v) is 5.40. The van der Waals surface area contributed by atoms with Crippen LogP contribution < -0.4 is 4.90 Å². The first-order chi connectivity index (χ1) is 9.81. The van der Waals surface area contributed by atoms with Crippen LogP contribution >= 0.6 is 0 Å². The molecule has 112 valence electrons. The van der Waals surface area contributed by atoms with E-state index >= 15 is 0 Å². The number of nitrogens with zero attached hydrogens (tertiary/aromatic N) is 2. The van der Waals surface area contributed by atoms with Gasteiger partial charge in [0.15, 0.2) is 0 Å². The van der Waals surface area contributed by atoms with Gasteiger partial charge in [0.25, 0.3) is 0 Å². The molecule has 0 unspecified atom stereocenters. The van der Waals surface area contributed by atoms with Crippen LogP contribution in [0.5, 0.6) is 0 Å². The quantitative estimate of drug-likeness (QED) is 0.902. The fraction of sp³-hybridized carbons (Fsp3) is 0.400. The summed E-state index contributed by atoms with van der Waals surface area (Å²) in [6.45, 7) is 3.78. The summed E-state index contributed by atoms with van der Waals surface area (Å²) < 4.78 is 0. The van der Waals surface area contributed by atoms with E-state index in [1.165, 1.54) is 17.0 Å². The summed E-state index contributed by atoms with van der Waals surface area (Å²) in [5, 5.41) is 8.97. The van der Waals surface area contributed by atoms with Crippen LogP contribution in [0.2, 0.25) is 0 Å². The molecule has 1 heterocycles. The first kappa shape index (κ1) is 15.0. The smallest absolute Gasteiger partial charge is 0.335 e. The van der Waals surface area contributed by atoms with E-state index in [0.717, 1.165) is 0 Å². The molecule has 1 aromatic carbocycles. The first-order valence-electron chi connectivity index (χ1n) is 6.73. The largest absolute Gasteiger partial charge is 0.478 e. The molecule has 0 saturated heterocycles. The topological polar surface area (TPSA) is 77.9 Å². The molecule has 0 spiro atoms. The van der Waals surface area contributed by atoms with E-state index in [2.05, 4.69) is 0 Å². The number of hydrogen-bond donors (Lipinski definition) is 1. The maximum atomic E-state index is 12.1. The number of anilines is 1. The van der Waals surface area contributed by atoms with Crippen LogP contribution in [0.4, 0.5) is 5.69 Å². The van der Waals surface area contributed by atoms with Gasteiger partial charge in [-0.2, -0.15) is 0 Å². The van der Waals surface area contributed by atoms with Crippen molar-refractivity contribution in [3.63, 3.8) is 0 Å².